The summed E-state index contributed by atoms with van der Waals surface area (Å²) < 4.78 is 1.17. The monoisotopic (exact) mass is 422 g/mol. The average Bonchev–Trinajstić information content (AvgIpc) is 2.51. The molecule has 1 amide bonds. The van der Waals surface area contributed by atoms with E-state index in [2.05, 4.69) is 65.3 Å². The van der Waals surface area contributed by atoms with Crippen molar-refractivity contribution in [2.24, 2.45) is 5.92 Å². The van der Waals surface area contributed by atoms with Crippen LogP contribution in [0.1, 0.15) is 31.0 Å². The Morgan fingerprint density at radius 3 is 2.43 bits per heavy atom. The molecule has 3 nitrogen and oxygen atoms in total. The fourth-order valence-electron chi connectivity index (χ4n) is 2.56. The van der Waals surface area contributed by atoms with Crippen LogP contribution in [0.4, 0.5) is 5.69 Å². The third kappa shape index (κ3) is 5.32. The van der Waals surface area contributed by atoms with Crippen LogP contribution in [0, 0.1) is 16.4 Å². The molecule has 122 valence electrons. The zero-order valence-electron chi connectivity index (χ0n) is 13.8. The first-order valence-electron chi connectivity index (χ1n) is 7.81. The summed E-state index contributed by atoms with van der Waals surface area (Å²) >= 11 is 2.27. The lowest BCUT2D eigenvalue weighted by atomic mass is 9.96. The summed E-state index contributed by atoms with van der Waals surface area (Å²) in [5.74, 6) is 0.390. The Morgan fingerprint density at radius 1 is 1.13 bits per heavy atom. The molecule has 23 heavy (non-hydrogen) atoms. The second-order valence-electron chi connectivity index (χ2n) is 6.02. The Hall–Kier alpha value is -1.40. The molecule has 0 bridgehead atoms. The number of anilines is 1. The number of aryl methyl sites for hydroxylation is 1. The van der Waals surface area contributed by atoms with Gasteiger partial charge < -0.3 is 10.6 Å². The highest BCUT2D eigenvalue weighted by Crippen LogP contribution is 2.21. The summed E-state index contributed by atoms with van der Waals surface area (Å²) in [6.07, 6.45) is 0. The number of carbonyl (C=O) groups is 1. The second kappa shape index (κ2) is 8.45. The number of carbonyl (C=O) groups excluding carboxylic acids is 1. The molecule has 0 saturated heterocycles. The first kappa shape index (κ1) is 17.9. The Morgan fingerprint density at radius 2 is 1.83 bits per heavy atom. The van der Waals surface area contributed by atoms with Crippen molar-refractivity contribution in [3.05, 3.63) is 63.2 Å². The molecule has 0 radical (unpaired) electrons. The van der Waals surface area contributed by atoms with Gasteiger partial charge in [0.15, 0.2) is 0 Å². The molecule has 0 unspecified atom stereocenters. The van der Waals surface area contributed by atoms with E-state index in [1.807, 2.05) is 37.3 Å². The molecule has 0 fully saturated rings. The Labute approximate surface area is 152 Å². The normalized spacial score (nSPS) is 12.2. The van der Waals surface area contributed by atoms with Crippen molar-refractivity contribution in [3.63, 3.8) is 0 Å². The van der Waals surface area contributed by atoms with Crippen molar-refractivity contribution < 1.29 is 4.79 Å². The van der Waals surface area contributed by atoms with E-state index in [4.69, 9.17) is 0 Å². The van der Waals surface area contributed by atoms with Crippen LogP contribution in [0.2, 0.25) is 0 Å². The van der Waals surface area contributed by atoms with Gasteiger partial charge in [0.1, 0.15) is 0 Å². The van der Waals surface area contributed by atoms with Gasteiger partial charge in [-0.3, -0.25) is 4.79 Å². The van der Waals surface area contributed by atoms with Gasteiger partial charge in [-0.1, -0.05) is 44.2 Å². The smallest absolute Gasteiger partial charge is 0.238 e. The maximum Gasteiger partial charge on any atom is 0.238 e. The number of hydrogen-bond donors (Lipinski definition) is 2. The lowest BCUT2D eigenvalue weighted by molar-refractivity contribution is -0.115. The quantitative estimate of drug-likeness (QED) is 0.672. The second-order valence-corrected chi connectivity index (χ2v) is 7.27. The molecule has 2 aromatic carbocycles. The van der Waals surface area contributed by atoms with Crippen LogP contribution in [-0.4, -0.2) is 12.5 Å². The highest BCUT2D eigenvalue weighted by atomic mass is 127. The SMILES string of the molecule is Cc1cc(I)ccc1NC(=O)CN[C@H](c1ccccc1)C(C)C. The summed E-state index contributed by atoms with van der Waals surface area (Å²) in [4.78, 5) is 12.2. The number of amides is 1. The van der Waals surface area contributed by atoms with Crippen molar-refractivity contribution in [3.8, 4) is 0 Å². The van der Waals surface area contributed by atoms with Crippen LogP contribution < -0.4 is 10.6 Å². The predicted molar refractivity (Wildman–Crippen MR) is 105 cm³/mol. The van der Waals surface area contributed by atoms with Crippen LogP contribution in [-0.2, 0) is 4.79 Å². The van der Waals surface area contributed by atoms with Gasteiger partial charge in [-0.2, -0.15) is 0 Å². The average molecular weight is 422 g/mol. The Kier molecular flexibility index (Phi) is 6.59. The van der Waals surface area contributed by atoms with Crippen LogP contribution in [0.3, 0.4) is 0 Å². The first-order valence-corrected chi connectivity index (χ1v) is 8.89. The lowest BCUT2D eigenvalue weighted by Gasteiger charge is -2.23. The Balaban J connectivity index is 1.97. The van der Waals surface area contributed by atoms with E-state index in [0.717, 1.165) is 11.3 Å². The molecule has 0 heterocycles. The van der Waals surface area contributed by atoms with Crippen molar-refractivity contribution >= 4 is 34.2 Å². The predicted octanol–water partition coefficient (Wildman–Crippen LogP) is 4.53. The number of hydrogen-bond acceptors (Lipinski definition) is 2. The molecule has 0 aromatic heterocycles. The fourth-order valence-corrected chi connectivity index (χ4v) is 3.21. The molecule has 2 aromatic rings. The van der Waals surface area contributed by atoms with E-state index in [-0.39, 0.29) is 11.9 Å². The van der Waals surface area contributed by atoms with Gasteiger partial charge in [0.2, 0.25) is 5.91 Å². The summed E-state index contributed by atoms with van der Waals surface area (Å²) in [5, 5.41) is 6.35. The summed E-state index contributed by atoms with van der Waals surface area (Å²) in [6, 6.07) is 16.4. The molecule has 0 spiro atoms. The molecular weight excluding hydrogens is 399 g/mol. The maximum absolute atomic E-state index is 12.2. The Bertz CT molecular complexity index is 656. The van der Waals surface area contributed by atoms with Crippen molar-refractivity contribution in [2.45, 2.75) is 26.8 Å². The van der Waals surface area contributed by atoms with Crippen LogP contribution in [0.5, 0.6) is 0 Å². The third-order valence-corrected chi connectivity index (χ3v) is 4.44. The van der Waals surface area contributed by atoms with Gasteiger partial charge in [0.05, 0.1) is 6.54 Å². The van der Waals surface area contributed by atoms with E-state index in [0.29, 0.717) is 12.5 Å². The molecule has 0 aliphatic carbocycles. The lowest BCUT2D eigenvalue weighted by Crippen LogP contribution is -2.33. The number of nitrogens with one attached hydrogen (secondary N) is 2. The van der Waals surface area contributed by atoms with Gasteiger partial charge >= 0.3 is 0 Å². The summed E-state index contributed by atoms with van der Waals surface area (Å²) in [5.41, 5.74) is 3.16. The topological polar surface area (TPSA) is 41.1 Å². The molecule has 4 heteroatoms. The van der Waals surface area contributed by atoms with Gasteiger partial charge in [0.25, 0.3) is 0 Å². The first-order chi connectivity index (χ1) is 11.0. The van der Waals surface area contributed by atoms with Gasteiger partial charge in [-0.05, 0) is 64.8 Å². The molecular formula is C19H23IN2O. The third-order valence-electron chi connectivity index (χ3n) is 3.77. The largest absolute Gasteiger partial charge is 0.325 e. The van der Waals surface area contributed by atoms with Crippen LogP contribution >= 0.6 is 22.6 Å². The van der Waals surface area contributed by atoms with Gasteiger partial charge in [-0.15, -0.1) is 0 Å². The van der Waals surface area contributed by atoms with Gasteiger partial charge in [-0.25, -0.2) is 0 Å². The minimum atomic E-state index is -0.0177. The van der Waals surface area contributed by atoms with Crippen LogP contribution in [0.15, 0.2) is 48.5 Å². The van der Waals surface area contributed by atoms with E-state index in [9.17, 15) is 4.79 Å². The highest BCUT2D eigenvalue weighted by molar-refractivity contribution is 14.1. The summed E-state index contributed by atoms with van der Waals surface area (Å²) in [6.45, 7) is 6.62. The van der Waals surface area contributed by atoms with Crippen molar-refractivity contribution in [2.75, 3.05) is 11.9 Å². The zero-order valence-corrected chi connectivity index (χ0v) is 15.9. The molecule has 0 aliphatic heterocycles. The zero-order chi connectivity index (χ0) is 16.8. The van der Waals surface area contributed by atoms with Gasteiger partial charge in [0, 0.05) is 15.3 Å². The number of benzene rings is 2. The standard InChI is InChI=1S/C19H23IN2O/c1-13(2)19(15-7-5-4-6-8-15)21-12-18(23)22-17-10-9-16(20)11-14(17)3/h4-11,13,19,21H,12H2,1-3H3,(H,22,23)/t19-/m0/s1. The van der Waals surface area contributed by atoms with E-state index >= 15 is 0 Å². The molecule has 0 saturated carbocycles. The minimum absolute atomic E-state index is 0.0177. The number of halogens is 1. The highest BCUT2D eigenvalue weighted by Gasteiger charge is 2.16. The summed E-state index contributed by atoms with van der Waals surface area (Å²) in [7, 11) is 0. The van der Waals surface area contributed by atoms with Crippen LogP contribution in [0.25, 0.3) is 0 Å². The molecule has 0 aliphatic rings. The number of rotatable bonds is 6. The fraction of sp³-hybridized carbons (Fsp3) is 0.316. The van der Waals surface area contributed by atoms with E-state index in [1.165, 1.54) is 9.13 Å². The van der Waals surface area contributed by atoms with Crippen molar-refractivity contribution in [1.82, 2.24) is 5.32 Å². The maximum atomic E-state index is 12.2. The molecule has 1 atom stereocenters. The minimum Gasteiger partial charge on any atom is -0.325 e. The molecule has 2 N–H and O–H groups in total. The van der Waals surface area contributed by atoms with E-state index < -0.39 is 0 Å². The van der Waals surface area contributed by atoms with Crippen molar-refractivity contribution in [1.29, 1.82) is 0 Å². The van der Waals surface area contributed by atoms with E-state index in [1.54, 1.807) is 0 Å². The molecule has 2 rings (SSSR count).